The molecule has 2 atom stereocenters. The third kappa shape index (κ3) is 3.80. The van der Waals surface area contributed by atoms with Crippen LogP contribution in [0.5, 0.6) is 0 Å². The molecule has 0 saturated heterocycles. The van der Waals surface area contributed by atoms with Crippen molar-refractivity contribution in [2.75, 3.05) is 0 Å². The fraction of sp³-hybridized carbons (Fsp3) is 0.417. The van der Waals surface area contributed by atoms with Gasteiger partial charge in [-0.25, -0.2) is 0 Å². The zero-order chi connectivity index (χ0) is 18.8. The van der Waals surface area contributed by atoms with Crippen molar-refractivity contribution in [2.24, 2.45) is 0 Å². The molecule has 1 aromatic heterocycles. The van der Waals surface area contributed by atoms with Crippen molar-refractivity contribution >= 4 is 0 Å². The number of aromatic amines is 2. The van der Waals surface area contributed by atoms with Crippen LogP contribution in [-0.2, 0) is 0 Å². The molecule has 0 bridgehead atoms. The summed E-state index contributed by atoms with van der Waals surface area (Å²) in [5.74, 6) is 2.88. The molecule has 0 fully saturated rings. The summed E-state index contributed by atoms with van der Waals surface area (Å²) in [5.41, 5.74) is 9.46. The second-order valence-electron chi connectivity index (χ2n) is 8.08. The summed E-state index contributed by atoms with van der Waals surface area (Å²) in [4.78, 5) is 0. The first-order valence-electron chi connectivity index (χ1n) is 9.84. The molecule has 0 saturated carbocycles. The van der Waals surface area contributed by atoms with Crippen LogP contribution in [0.25, 0.3) is 0 Å². The highest BCUT2D eigenvalue weighted by atomic mass is 15.1. The highest BCUT2D eigenvalue weighted by molar-refractivity contribution is 5.57. The quantitative estimate of drug-likeness (QED) is 0.505. The predicted octanol–water partition coefficient (Wildman–Crippen LogP) is 6.89. The Kier molecular flexibility index (Phi) is 5.41. The zero-order valence-electron chi connectivity index (χ0n) is 16.9. The average Bonchev–Trinajstić information content (AvgIpc) is 3.43. The first-order chi connectivity index (χ1) is 12.4. The minimum atomic E-state index is 0.690. The van der Waals surface area contributed by atoms with E-state index in [1.165, 1.54) is 0 Å². The smallest absolute Gasteiger partial charge is 0.0353 e. The van der Waals surface area contributed by atoms with Gasteiger partial charge in [-0.3, -0.25) is 0 Å². The Morgan fingerprint density at radius 3 is 1.23 bits per heavy atom. The molecular weight excluding hydrogens is 316 g/mol. The predicted molar refractivity (Wildman–Crippen MR) is 111 cm³/mol. The van der Waals surface area contributed by atoms with Gasteiger partial charge < -0.3 is 10.2 Å². The lowest BCUT2D eigenvalue weighted by atomic mass is 10.0. The van der Waals surface area contributed by atoms with E-state index in [0.29, 0.717) is 11.8 Å². The number of fused-ring (bicyclic) bond motifs is 2. The number of rotatable bonds is 2. The third-order valence-electron chi connectivity index (χ3n) is 5.56. The Hall–Kier alpha value is -2.22. The van der Waals surface area contributed by atoms with Gasteiger partial charge in [0, 0.05) is 24.2 Å². The van der Waals surface area contributed by atoms with Crippen molar-refractivity contribution < 1.29 is 0 Å². The zero-order valence-corrected chi connectivity index (χ0v) is 16.9. The van der Waals surface area contributed by atoms with Gasteiger partial charge >= 0.3 is 0 Å². The van der Waals surface area contributed by atoms with Crippen molar-refractivity contribution in [1.82, 2.24) is 10.2 Å². The van der Waals surface area contributed by atoms with E-state index in [-0.39, 0.29) is 0 Å². The maximum Gasteiger partial charge on any atom is 0.0353 e. The fourth-order valence-electron chi connectivity index (χ4n) is 3.80. The normalized spacial score (nSPS) is 18.3. The minimum absolute atomic E-state index is 0.690. The molecule has 1 heterocycles. The van der Waals surface area contributed by atoms with Crippen LogP contribution in [0.1, 0.15) is 98.6 Å². The van der Waals surface area contributed by atoms with E-state index in [0.717, 1.165) is 11.8 Å². The number of H-pyrrole nitrogens is 2. The van der Waals surface area contributed by atoms with E-state index >= 15 is 0 Å². The molecule has 2 aliphatic carbocycles. The van der Waals surface area contributed by atoms with Gasteiger partial charge in [0.2, 0.25) is 0 Å². The Balaban J connectivity index is 0.000000125. The molecule has 26 heavy (non-hydrogen) atoms. The lowest BCUT2D eigenvalue weighted by Crippen LogP contribution is -1.85. The fourth-order valence-corrected chi connectivity index (χ4v) is 3.80. The minimum Gasteiger partial charge on any atom is -0.307 e. The molecular formula is C24H32N2. The molecule has 2 unspecified atom stereocenters. The second-order valence-corrected chi connectivity index (χ2v) is 8.08. The molecule has 3 aromatic rings. The molecule has 0 amide bonds. The molecule has 0 spiro atoms. The second kappa shape index (κ2) is 7.57. The summed E-state index contributed by atoms with van der Waals surface area (Å²) in [5, 5.41) is 5.36. The first kappa shape index (κ1) is 18.6. The molecule has 2 aliphatic rings. The number of hydrogen-bond acceptors (Lipinski definition) is 0. The summed E-state index contributed by atoms with van der Waals surface area (Å²) >= 11 is 0. The van der Waals surface area contributed by atoms with Crippen molar-refractivity contribution in [1.29, 1.82) is 0 Å². The van der Waals surface area contributed by atoms with Gasteiger partial charge in [-0.05, 0) is 45.2 Å². The molecule has 2 nitrogen and oxygen atoms in total. The van der Waals surface area contributed by atoms with Crippen LogP contribution >= 0.6 is 0 Å². The van der Waals surface area contributed by atoms with E-state index < -0.39 is 0 Å². The van der Waals surface area contributed by atoms with Crippen LogP contribution in [0.3, 0.4) is 0 Å². The summed E-state index contributed by atoms with van der Waals surface area (Å²) < 4.78 is 0. The van der Waals surface area contributed by atoms with Crippen LogP contribution in [0.4, 0.5) is 0 Å². The Bertz CT molecular complexity index is 768. The summed E-state index contributed by atoms with van der Waals surface area (Å²) in [7, 11) is 0. The standard InChI is InChI=1S/2C11H14.C2H4N2/c2*1-7(2)9-5-4-6-10-8(3)11(9)10;1-2-4-3-1/h2*4-8H,1-3H3;1-4H. The average molecular weight is 349 g/mol. The van der Waals surface area contributed by atoms with Crippen LogP contribution in [-0.4, -0.2) is 10.2 Å². The Labute approximate surface area is 158 Å². The number of aromatic nitrogens is 2. The Morgan fingerprint density at radius 1 is 0.654 bits per heavy atom. The molecule has 0 aliphatic heterocycles. The maximum atomic E-state index is 2.68. The molecule has 2 N–H and O–H groups in total. The lowest BCUT2D eigenvalue weighted by molar-refractivity contribution is 0.859. The topological polar surface area (TPSA) is 31.6 Å². The van der Waals surface area contributed by atoms with E-state index in [1.54, 1.807) is 33.4 Å². The van der Waals surface area contributed by atoms with Crippen LogP contribution in [0.15, 0.2) is 48.8 Å². The highest BCUT2D eigenvalue weighted by Gasteiger charge is 2.31. The van der Waals surface area contributed by atoms with Crippen molar-refractivity contribution in [3.05, 3.63) is 82.2 Å². The largest absolute Gasteiger partial charge is 0.307 e. The van der Waals surface area contributed by atoms with Gasteiger partial charge in [0.05, 0.1) is 0 Å². The lowest BCUT2D eigenvalue weighted by Gasteiger charge is -2.02. The van der Waals surface area contributed by atoms with Crippen LogP contribution < -0.4 is 0 Å². The van der Waals surface area contributed by atoms with E-state index in [1.807, 2.05) is 12.4 Å². The third-order valence-corrected chi connectivity index (χ3v) is 5.56. The summed E-state index contributed by atoms with van der Waals surface area (Å²) in [6.07, 6.45) is 3.64. The van der Waals surface area contributed by atoms with Gasteiger partial charge in [-0.2, -0.15) is 0 Å². The van der Waals surface area contributed by atoms with Gasteiger partial charge in [-0.1, -0.05) is 77.9 Å². The van der Waals surface area contributed by atoms with E-state index in [9.17, 15) is 0 Å². The molecule has 2 heteroatoms. The van der Waals surface area contributed by atoms with Gasteiger partial charge in [-0.15, -0.1) is 0 Å². The summed E-state index contributed by atoms with van der Waals surface area (Å²) in [6.45, 7) is 13.6. The van der Waals surface area contributed by atoms with Crippen molar-refractivity contribution in [3.8, 4) is 0 Å². The van der Waals surface area contributed by atoms with Crippen molar-refractivity contribution in [2.45, 2.75) is 65.2 Å². The number of hydrogen-bond donors (Lipinski definition) is 2. The molecule has 2 aromatic carbocycles. The first-order valence-corrected chi connectivity index (χ1v) is 9.84. The molecule has 5 rings (SSSR count). The van der Waals surface area contributed by atoms with Crippen LogP contribution in [0, 0.1) is 0 Å². The highest BCUT2D eigenvalue weighted by Crippen LogP contribution is 2.47. The van der Waals surface area contributed by atoms with Crippen LogP contribution in [0.2, 0.25) is 0 Å². The van der Waals surface area contributed by atoms with E-state index in [4.69, 9.17) is 0 Å². The molecule has 0 radical (unpaired) electrons. The monoisotopic (exact) mass is 348 g/mol. The van der Waals surface area contributed by atoms with Gasteiger partial charge in [0.1, 0.15) is 0 Å². The number of benzene rings is 2. The Morgan fingerprint density at radius 2 is 1.00 bits per heavy atom. The van der Waals surface area contributed by atoms with Crippen molar-refractivity contribution in [3.63, 3.8) is 0 Å². The number of nitrogens with one attached hydrogen (secondary N) is 2. The van der Waals surface area contributed by atoms with E-state index in [2.05, 4.69) is 88.1 Å². The van der Waals surface area contributed by atoms with Gasteiger partial charge in [0.15, 0.2) is 0 Å². The SMILES string of the molecule is CC(C)c1cccc2c1C2C.CC(C)c1cccc2c1C2C.c1c[nH][nH]1. The maximum absolute atomic E-state index is 2.68. The summed E-state index contributed by atoms with van der Waals surface area (Å²) in [6, 6.07) is 13.4. The van der Waals surface area contributed by atoms with Gasteiger partial charge in [0.25, 0.3) is 0 Å². The molecule has 138 valence electrons.